The van der Waals surface area contributed by atoms with E-state index in [1.807, 2.05) is 19.3 Å². The molecule has 6 heteroatoms. The van der Waals surface area contributed by atoms with E-state index in [9.17, 15) is 4.39 Å². The lowest BCUT2D eigenvalue weighted by Crippen LogP contribution is -2.34. The number of benzene rings is 1. The summed E-state index contributed by atoms with van der Waals surface area (Å²) in [5.41, 5.74) is 2.27. The lowest BCUT2D eigenvalue weighted by molar-refractivity contribution is -0.0192. The van der Waals surface area contributed by atoms with Gasteiger partial charge in [0.25, 0.3) is 0 Å². The van der Waals surface area contributed by atoms with Crippen LogP contribution in [0.1, 0.15) is 18.4 Å². The Balaban J connectivity index is 1.60. The average molecular weight is 317 g/mol. The molecule has 0 saturated heterocycles. The molecule has 0 amide bonds. The summed E-state index contributed by atoms with van der Waals surface area (Å²) in [6, 6.07) is 5.40. The minimum atomic E-state index is -0.255. The van der Waals surface area contributed by atoms with E-state index >= 15 is 0 Å². The fourth-order valence-corrected chi connectivity index (χ4v) is 2.62. The molecule has 1 aliphatic rings. The molecule has 0 radical (unpaired) electrons. The number of aryl methyl sites for hydroxylation is 1. The van der Waals surface area contributed by atoms with Gasteiger partial charge >= 0.3 is 0 Å². The molecule has 0 spiro atoms. The van der Waals surface area contributed by atoms with Gasteiger partial charge in [-0.25, -0.2) is 9.38 Å². The molecular weight excluding hydrogens is 301 g/mol. The smallest absolute Gasteiger partial charge is 0.129 e. The predicted molar refractivity (Wildman–Crippen MR) is 85.2 cm³/mol. The van der Waals surface area contributed by atoms with Gasteiger partial charge in [-0.3, -0.25) is 4.68 Å². The third-order valence-corrected chi connectivity index (χ3v) is 3.98. The summed E-state index contributed by atoms with van der Waals surface area (Å²) in [4.78, 5) is 4.00. The summed E-state index contributed by atoms with van der Waals surface area (Å²) >= 11 is 4.57. The standard InChI is InChI=1S/C16H16FN3OS/c1-20-8-13(7-19-20)11-2-3-12(16(17)4-11)9-21-15-5-14(6-15)18-10-22/h2-4,7-8,14-15H,5-6,9H2,1H3/t14-,15+. The zero-order valence-electron chi connectivity index (χ0n) is 12.2. The van der Waals surface area contributed by atoms with Crippen molar-refractivity contribution in [2.45, 2.75) is 31.6 Å². The number of halogens is 1. The van der Waals surface area contributed by atoms with Crippen LogP contribution in [0.25, 0.3) is 11.1 Å². The summed E-state index contributed by atoms with van der Waals surface area (Å²) in [5.74, 6) is -0.255. The Morgan fingerprint density at radius 3 is 2.91 bits per heavy atom. The van der Waals surface area contributed by atoms with E-state index in [4.69, 9.17) is 4.74 Å². The lowest BCUT2D eigenvalue weighted by atomic mass is 9.90. The van der Waals surface area contributed by atoms with E-state index in [0.29, 0.717) is 5.56 Å². The Bertz CT molecular complexity index is 718. The van der Waals surface area contributed by atoms with Crippen molar-refractivity contribution in [3.05, 3.63) is 42.0 Å². The first-order valence-corrected chi connectivity index (χ1v) is 7.52. The third kappa shape index (κ3) is 3.30. The molecule has 22 heavy (non-hydrogen) atoms. The first-order chi connectivity index (χ1) is 10.7. The van der Waals surface area contributed by atoms with E-state index in [0.717, 1.165) is 24.0 Å². The van der Waals surface area contributed by atoms with E-state index in [2.05, 4.69) is 27.5 Å². The quantitative estimate of drug-likeness (QED) is 0.627. The van der Waals surface area contributed by atoms with Gasteiger partial charge in [0, 0.05) is 24.4 Å². The zero-order valence-corrected chi connectivity index (χ0v) is 13.0. The van der Waals surface area contributed by atoms with E-state index in [1.165, 1.54) is 6.07 Å². The fraction of sp³-hybridized carbons (Fsp3) is 0.375. The van der Waals surface area contributed by atoms with Gasteiger partial charge < -0.3 is 4.74 Å². The highest BCUT2D eigenvalue weighted by molar-refractivity contribution is 7.78. The number of isothiocyanates is 1. The summed E-state index contributed by atoms with van der Waals surface area (Å²) in [7, 11) is 1.84. The highest BCUT2D eigenvalue weighted by Crippen LogP contribution is 2.28. The number of hydrogen-bond acceptors (Lipinski definition) is 4. The van der Waals surface area contributed by atoms with Crippen molar-refractivity contribution in [3.8, 4) is 11.1 Å². The molecule has 1 aromatic heterocycles. The monoisotopic (exact) mass is 317 g/mol. The van der Waals surface area contributed by atoms with Gasteiger partial charge in [0.1, 0.15) is 5.82 Å². The maximum Gasteiger partial charge on any atom is 0.129 e. The van der Waals surface area contributed by atoms with Crippen LogP contribution in [0.2, 0.25) is 0 Å². The van der Waals surface area contributed by atoms with Crippen LogP contribution in [0.4, 0.5) is 4.39 Å². The lowest BCUT2D eigenvalue weighted by Gasteiger charge is -2.31. The summed E-state index contributed by atoms with van der Waals surface area (Å²) in [5, 5.41) is 6.48. The first-order valence-electron chi connectivity index (χ1n) is 7.11. The number of aliphatic imine (C=N–C) groups is 1. The second-order valence-corrected chi connectivity index (χ2v) is 5.67. The van der Waals surface area contributed by atoms with Gasteiger partial charge in [-0.2, -0.15) is 5.10 Å². The van der Waals surface area contributed by atoms with Gasteiger partial charge in [0.05, 0.1) is 30.1 Å². The molecule has 4 nitrogen and oxygen atoms in total. The van der Waals surface area contributed by atoms with Crippen LogP contribution in [0.3, 0.4) is 0 Å². The summed E-state index contributed by atoms with van der Waals surface area (Å²) < 4.78 is 21.6. The highest BCUT2D eigenvalue weighted by atomic mass is 32.1. The molecule has 1 aliphatic carbocycles. The van der Waals surface area contributed by atoms with Gasteiger partial charge in [0.15, 0.2) is 0 Å². The van der Waals surface area contributed by atoms with Crippen molar-refractivity contribution < 1.29 is 9.13 Å². The Hall–Kier alpha value is -1.88. The average Bonchev–Trinajstić information content (AvgIpc) is 2.89. The second-order valence-electron chi connectivity index (χ2n) is 5.49. The number of hydrogen-bond donors (Lipinski definition) is 0. The van der Waals surface area contributed by atoms with Crippen molar-refractivity contribution >= 4 is 17.4 Å². The highest BCUT2D eigenvalue weighted by Gasteiger charge is 2.29. The number of rotatable bonds is 5. The van der Waals surface area contributed by atoms with Gasteiger partial charge in [-0.1, -0.05) is 12.1 Å². The molecule has 0 bridgehead atoms. The summed E-state index contributed by atoms with van der Waals surface area (Å²) in [6.45, 7) is 0.276. The van der Waals surface area contributed by atoms with Crippen LogP contribution >= 0.6 is 12.2 Å². The molecule has 3 rings (SSSR count). The van der Waals surface area contributed by atoms with Crippen molar-refractivity contribution in [1.29, 1.82) is 0 Å². The minimum Gasteiger partial charge on any atom is -0.373 e. The number of thiocarbonyl (C=S) groups is 1. The molecule has 114 valence electrons. The molecular formula is C16H16FN3OS. The van der Waals surface area contributed by atoms with Crippen LogP contribution in [-0.2, 0) is 18.4 Å². The topological polar surface area (TPSA) is 39.4 Å². The normalized spacial score (nSPS) is 20.3. The van der Waals surface area contributed by atoms with E-state index in [1.54, 1.807) is 16.9 Å². The van der Waals surface area contributed by atoms with Gasteiger partial charge in [-0.05, 0) is 36.7 Å². The van der Waals surface area contributed by atoms with Crippen LogP contribution in [0, 0.1) is 5.82 Å². The number of nitrogens with zero attached hydrogens (tertiary/aromatic N) is 3. The van der Waals surface area contributed by atoms with E-state index in [-0.39, 0.29) is 24.6 Å². The Morgan fingerprint density at radius 2 is 2.27 bits per heavy atom. The molecule has 2 aromatic rings. The largest absolute Gasteiger partial charge is 0.373 e. The molecule has 1 fully saturated rings. The molecule has 0 atom stereocenters. The SMILES string of the molecule is Cn1cc(-c2ccc(CO[C@H]3C[C@@H](N=C=S)C3)c(F)c2)cn1. The molecule has 0 N–H and O–H groups in total. The van der Waals surface area contributed by atoms with Crippen molar-refractivity contribution in [1.82, 2.24) is 9.78 Å². The van der Waals surface area contributed by atoms with Crippen LogP contribution in [0.5, 0.6) is 0 Å². The van der Waals surface area contributed by atoms with Crippen LogP contribution < -0.4 is 0 Å². The van der Waals surface area contributed by atoms with Crippen molar-refractivity contribution in [2.24, 2.45) is 12.0 Å². The first kappa shape index (κ1) is 15.0. The fourth-order valence-electron chi connectivity index (χ4n) is 2.48. The molecule has 0 aliphatic heterocycles. The maximum atomic E-state index is 14.2. The minimum absolute atomic E-state index is 0.134. The van der Waals surface area contributed by atoms with Crippen molar-refractivity contribution in [3.63, 3.8) is 0 Å². The van der Waals surface area contributed by atoms with Gasteiger partial charge in [-0.15, -0.1) is 0 Å². The second kappa shape index (κ2) is 6.48. The van der Waals surface area contributed by atoms with E-state index < -0.39 is 0 Å². The van der Waals surface area contributed by atoms with Gasteiger partial charge in [0.2, 0.25) is 0 Å². The van der Waals surface area contributed by atoms with Crippen LogP contribution in [-0.4, -0.2) is 27.1 Å². The van der Waals surface area contributed by atoms with Crippen LogP contribution in [0.15, 0.2) is 35.6 Å². The zero-order chi connectivity index (χ0) is 15.5. The van der Waals surface area contributed by atoms with Crippen molar-refractivity contribution in [2.75, 3.05) is 0 Å². The molecule has 0 unspecified atom stereocenters. The Morgan fingerprint density at radius 1 is 1.45 bits per heavy atom. The Kier molecular flexibility index (Phi) is 4.43. The maximum absolute atomic E-state index is 14.2. The molecule has 1 aromatic carbocycles. The summed E-state index contributed by atoms with van der Waals surface area (Å²) in [6.07, 6.45) is 5.37. The third-order valence-electron chi connectivity index (χ3n) is 3.87. The predicted octanol–water partition coefficient (Wildman–Crippen LogP) is 3.38. The Labute approximate surface area is 133 Å². The molecule has 1 heterocycles. The molecule has 1 saturated carbocycles. The number of ether oxygens (including phenoxy) is 1. The number of aromatic nitrogens is 2.